The summed E-state index contributed by atoms with van der Waals surface area (Å²) in [7, 11) is 2.85. The Kier molecular flexibility index (Phi) is 5.81. The first-order chi connectivity index (χ1) is 9.79. The monoisotopic (exact) mass is 281 g/mol. The summed E-state index contributed by atoms with van der Waals surface area (Å²) in [5, 5.41) is 3.51. The molecule has 102 valence electrons. The molecule has 0 saturated heterocycles. The standard InChI is InChI=1S/C18H20NP/c1-2-3-7-15-10-12-17(13-11-15)18(20)19-14-16-8-5-4-6-9-16/h1,4-6,8-13,18-19H,3,7,14,20H2. The third kappa shape index (κ3) is 4.49. The van der Waals surface area contributed by atoms with Gasteiger partial charge in [-0.1, -0.05) is 54.6 Å². The first-order valence-corrected chi connectivity index (χ1v) is 7.51. The molecule has 0 amide bonds. The van der Waals surface area contributed by atoms with E-state index in [2.05, 4.69) is 69.0 Å². The summed E-state index contributed by atoms with van der Waals surface area (Å²) in [5.41, 5.74) is 3.87. The van der Waals surface area contributed by atoms with Crippen LogP contribution in [0.4, 0.5) is 0 Å². The lowest BCUT2D eigenvalue weighted by Gasteiger charge is -2.14. The Bertz CT molecular complexity index is 554. The molecule has 2 unspecified atom stereocenters. The van der Waals surface area contributed by atoms with Crippen molar-refractivity contribution >= 4 is 9.24 Å². The van der Waals surface area contributed by atoms with Crippen LogP contribution in [0, 0.1) is 12.3 Å². The van der Waals surface area contributed by atoms with Crippen LogP contribution in [0.5, 0.6) is 0 Å². The molecule has 0 fully saturated rings. The SMILES string of the molecule is C#CCCc1ccc(C(P)NCc2ccccc2)cc1. The van der Waals surface area contributed by atoms with Crippen molar-refractivity contribution in [1.29, 1.82) is 0 Å². The van der Waals surface area contributed by atoms with E-state index >= 15 is 0 Å². The van der Waals surface area contributed by atoms with Crippen molar-refractivity contribution in [3.05, 3.63) is 71.3 Å². The van der Waals surface area contributed by atoms with Gasteiger partial charge in [0, 0.05) is 18.7 Å². The molecule has 0 aromatic heterocycles. The maximum absolute atomic E-state index is 5.29. The van der Waals surface area contributed by atoms with Crippen LogP contribution in [-0.2, 0) is 13.0 Å². The van der Waals surface area contributed by atoms with Crippen LogP contribution in [0.25, 0.3) is 0 Å². The maximum Gasteiger partial charge on any atom is 0.0466 e. The minimum atomic E-state index is 0.261. The number of nitrogens with one attached hydrogen (secondary N) is 1. The van der Waals surface area contributed by atoms with E-state index in [1.807, 2.05) is 6.07 Å². The van der Waals surface area contributed by atoms with Crippen LogP contribution < -0.4 is 5.32 Å². The molecule has 2 aromatic carbocycles. The van der Waals surface area contributed by atoms with Gasteiger partial charge in [0.05, 0.1) is 0 Å². The first kappa shape index (κ1) is 14.8. The highest BCUT2D eigenvalue weighted by atomic mass is 31.0. The molecule has 0 aliphatic carbocycles. The van der Waals surface area contributed by atoms with E-state index in [-0.39, 0.29) is 5.78 Å². The van der Waals surface area contributed by atoms with Gasteiger partial charge in [-0.2, -0.15) is 0 Å². The largest absolute Gasteiger partial charge is 0.303 e. The fraction of sp³-hybridized carbons (Fsp3) is 0.222. The summed E-state index contributed by atoms with van der Waals surface area (Å²) < 4.78 is 0. The molecule has 0 aliphatic rings. The summed E-state index contributed by atoms with van der Waals surface area (Å²) in [6, 6.07) is 19.1. The van der Waals surface area contributed by atoms with Gasteiger partial charge in [0.25, 0.3) is 0 Å². The molecular formula is C18H20NP. The Labute approximate surface area is 124 Å². The minimum Gasteiger partial charge on any atom is -0.303 e. The highest BCUT2D eigenvalue weighted by Crippen LogP contribution is 2.21. The molecule has 2 aromatic rings. The van der Waals surface area contributed by atoms with Crippen LogP contribution in [0.2, 0.25) is 0 Å². The molecule has 20 heavy (non-hydrogen) atoms. The van der Waals surface area contributed by atoms with E-state index in [4.69, 9.17) is 6.42 Å². The van der Waals surface area contributed by atoms with Crippen molar-refractivity contribution in [3.8, 4) is 12.3 Å². The van der Waals surface area contributed by atoms with E-state index in [0.717, 1.165) is 19.4 Å². The number of benzene rings is 2. The average Bonchev–Trinajstić information content (AvgIpc) is 2.52. The van der Waals surface area contributed by atoms with Gasteiger partial charge in [-0.15, -0.1) is 21.6 Å². The Morgan fingerprint density at radius 3 is 2.35 bits per heavy atom. The molecule has 0 radical (unpaired) electrons. The predicted octanol–water partition coefficient (Wildman–Crippen LogP) is 3.92. The Hall–Kier alpha value is -1.61. The van der Waals surface area contributed by atoms with Gasteiger partial charge in [-0.25, -0.2) is 0 Å². The third-order valence-corrected chi connectivity index (χ3v) is 3.89. The number of hydrogen-bond donors (Lipinski definition) is 1. The molecule has 1 nitrogen and oxygen atoms in total. The fourth-order valence-corrected chi connectivity index (χ4v) is 2.39. The second kappa shape index (κ2) is 7.85. The second-order valence-corrected chi connectivity index (χ2v) is 5.46. The van der Waals surface area contributed by atoms with E-state index in [0.29, 0.717) is 0 Å². The fourth-order valence-electron chi connectivity index (χ4n) is 2.05. The molecule has 0 saturated carbocycles. The molecule has 2 heteroatoms. The van der Waals surface area contributed by atoms with Crippen molar-refractivity contribution in [2.24, 2.45) is 0 Å². The Morgan fingerprint density at radius 2 is 1.70 bits per heavy atom. The zero-order valence-corrected chi connectivity index (χ0v) is 12.7. The van der Waals surface area contributed by atoms with Gasteiger partial charge < -0.3 is 5.32 Å². The lowest BCUT2D eigenvalue weighted by atomic mass is 10.1. The van der Waals surface area contributed by atoms with Gasteiger partial charge in [-0.3, -0.25) is 0 Å². The summed E-state index contributed by atoms with van der Waals surface area (Å²) in [4.78, 5) is 0. The van der Waals surface area contributed by atoms with Crippen molar-refractivity contribution in [2.45, 2.75) is 25.2 Å². The molecule has 1 N–H and O–H groups in total. The Morgan fingerprint density at radius 1 is 1.00 bits per heavy atom. The van der Waals surface area contributed by atoms with Crippen molar-refractivity contribution in [3.63, 3.8) is 0 Å². The number of rotatable bonds is 6. The number of terminal acetylenes is 1. The highest BCUT2D eigenvalue weighted by Gasteiger charge is 2.04. The molecule has 0 heterocycles. The molecule has 0 aliphatic heterocycles. The van der Waals surface area contributed by atoms with Gasteiger partial charge >= 0.3 is 0 Å². The summed E-state index contributed by atoms with van der Waals surface area (Å²) in [6.45, 7) is 0.869. The topological polar surface area (TPSA) is 12.0 Å². The highest BCUT2D eigenvalue weighted by molar-refractivity contribution is 7.17. The zero-order chi connectivity index (χ0) is 14.2. The normalized spacial score (nSPS) is 11.8. The van der Waals surface area contributed by atoms with Crippen LogP contribution in [0.15, 0.2) is 54.6 Å². The van der Waals surface area contributed by atoms with Crippen molar-refractivity contribution in [1.82, 2.24) is 5.32 Å². The molecule has 2 rings (SSSR count). The number of aryl methyl sites for hydroxylation is 1. The minimum absolute atomic E-state index is 0.261. The molecule has 2 atom stereocenters. The average molecular weight is 281 g/mol. The third-order valence-electron chi connectivity index (χ3n) is 3.27. The van der Waals surface area contributed by atoms with E-state index in [1.165, 1.54) is 16.7 Å². The van der Waals surface area contributed by atoms with Crippen LogP contribution >= 0.6 is 9.24 Å². The van der Waals surface area contributed by atoms with Gasteiger partial charge in [-0.05, 0) is 23.1 Å². The summed E-state index contributed by atoms with van der Waals surface area (Å²) >= 11 is 0. The van der Waals surface area contributed by atoms with Gasteiger partial charge in [0.15, 0.2) is 0 Å². The van der Waals surface area contributed by atoms with Crippen LogP contribution in [-0.4, -0.2) is 0 Å². The zero-order valence-electron chi connectivity index (χ0n) is 11.5. The summed E-state index contributed by atoms with van der Waals surface area (Å²) in [6.07, 6.45) is 7.04. The van der Waals surface area contributed by atoms with Crippen molar-refractivity contribution < 1.29 is 0 Å². The smallest absolute Gasteiger partial charge is 0.0466 e. The summed E-state index contributed by atoms with van der Waals surface area (Å²) in [5.74, 6) is 2.94. The number of hydrogen-bond acceptors (Lipinski definition) is 1. The van der Waals surface area contributed by atoms with Gasteiger partial charge in [0.1, 0.15) is 0 Å². The van der Waals surface area contributed by atoms with Crippen LogP contribution in [0.1, 0.15) is 28.9 Å². The molecule has 0 bridgehead atoms. The van der Waals surface area contributed by atoms with Crippen LogP contribution in [0.3, 0.4) is 0 Å². The van der Waals surface area contributed by atoms with E-state index in [9.17, 15) is 0 Å². The quantitative estimate of drug-likeness (QED) is 0.625. The van der Waals surface area contributed by atoms with Crippen molar-refractivity contribution in [2.75, 3.05) is 0 Å². The maximum atomic E-state index is 5.29. The molecular weight excluding hydrogens is 261 g/mol. The van der Waals surface area contributed by atoms with Gasteiger partial charge in [0.2, 0.25) is 0 Å². The molecule has 0 spiro atoms. The predicted molar refractivity (Wildman–Crippen MR) is 89.3 cm³/mol. The second-order valence-electron chi connectivity index (χ2n) is 4.79. The lowest BCUT2D eigenvalue weighted by Crippen LogP contribution is -2.15. The van der Waals surface area contributed by atoms with E-state index in [1.54, 1.807) is 0 Å². The first-order valence-electron chi connectivity index (χ1n) is 6.85. The van der Waals surface area contributed by atoms with E-state index < -0.39 is 0 Å². The Balaban J connectivity index is 1.89. The lowest BCUT2D eigenvalue weighted by molar-refractivity contribution is 0.677.